The van der Waals surface area contributed by atoms with Crippen molar-refractivity contribution in [2.75, 3.05) is 31.2 Å². The molecule has 0 atom stereocenters. The molecule has 0 amide bonds. The quantitative estimate of drug-likeness (QED) is 0.719. The highest BCUT2D eigenvalue weighted by molar-refractivity contribution is 6.29. The van der Waals surface area contributed by atoms with Crippen LogP contribution < -0.4 is 4.90 Å². The third kappa shape index (κ3) is 3.92. The molecule has 6 heteroatoms. The summed E-state index contributed by atoms with van der Waals surface area (Å²) in [7, 11) is 0. The zero-order chi connectivity index (χ0) is 12.0. The Hall–Kier alpha value is -0.910. The van der Waals surface area contributed by atoms with E-state index in [4.69, 9.17) is 21.8 Å². The number of nitrogens with zero attached hydrogens (tertiary/aromatic N) is 3. The number of aliphatic hydroxyl groups excluding tert-OH is 2. The number of hydrogen-bond acceptors (Lipinski definition) is 5. The van der Waals surface area contributed by atoms with Crippen LogP contribution in [0.3, 0.4) is 0 Å². The molecule has 0 aromatic carbocycles. The molecule has 1 aromatic rings. The van der Waals surface area contributed by atoms with Gasteiger partial charge in [0, 0.05) is 25.8 Å². The fourth-order valence-electron chi connectivity index (χ4n) is 1.40. The Labute approximate surface area is 99.7 Å². The average Bonchev–Trinajstić information content (AvgIpc) is 2.22. The molecule has 2 N–H and O–H groups in total. The largest absolute Gasteiger partial charge is 0.396 e. The van der Waals surface area contributed by atoms with Gasteiger partial charge in [0.05, 0.1) is 6.61 Å². The van der Waals surface area contributed by atoms with Gasteiger partial charge >= 0.3 is 0 Å². The maximum atomic E-state index is 8.96. The van der Waals surface area contributed by atoms with Crippen molar-refractivity contribution in [3.05, 3.63) is 17.0 Å². The predicted molar refractivity (Wildman–Crippen MR) is 62.8 cm³/mol. The fraction of sp³-hybridized carbons (Fsp3) is 0.600. The highest BCUT2D eigenvalue weighted by Crippen LogP contribution is 2.15. The van der Waals surface area contributed by atoms with Crippen LogP contribution >= 0.6 is 11.6 Å². The lowest BCUT2D eigenvalue weighted by atomic mass is 10.3. The summed E-state index contributed by atoms with van der Waals surface area (Å²) >= 11 is 5.84. The lowest BCUT2D eigenvalue weighted by Crippen LogP contribution is -2.29. The Morgan fingerprint density at radius 3 is 2.56 bits per heavy atom. The minimum absolute atomic E-state index is 0.0338. The number of aliphatic hydroxyl groups is 2. The smallest absolute Gasteiger partial charge is 0.134 e. The minimum atomic E-state index is 0.0338. The highest BCUT2D eigenvalue weighted by Gasteiger charge is 2.09. The molecule has 0 saturated carbocycles. The first kappa shape index (κ1) is 13.2. The van der Waals surface area contributed by atoms with E-state index in [0.29, 0.717) is 36.3 Å². The molecule has 0 unspecified atom stereocenters. The summed E-state index contributed by atoms with van der Waals surface area (Å²) in [6.07, 6.45) is 0.626. The summed E-state index contributed by atoms with van der Waals surface area (Å²) in [6.45, 7) is 3.00. The van der Waals surface area contributed by atoms with Crippen molar-refractivity contribution >= 4 is 17.4 Å². The SMILES string of the molecule is Cc1nc(Cl)cc(N(CCO)CCCO)n1. The van der Waals surface area contributed by atoms with Gasteiger partial charge in [-0.25, -0.2) is 9.97 Å². The third-order valence-electron chi connectivity index (χ3n) is 2.07. The van der Waals surface area contributed by atoms with E-state index in [0.717, 1.165) is 0 Å². The Kier molecular flexibility index (Phi) is 5.45. The number of aryl methyl sites for hydroxylation is 1. The molecular formula is C10H16ClN3O2. The lowest BCUT2D eigenvalue weighted by molar-refractivity contribution is 0.281. The molecule has 0 fully saturated rings. The van der Waals surface area contributed by atoms with Crippen molar-refractivity contribution in [1.29, 1.82) is 0 Å². The lowest BCUT2D eigenvalue weighted by Gasteiger charge is -2.22. The second kappa shape index (κ2) is 6.62. The van der Waals surface area contributed by atoms with Gasteiger partial charge in [-0.1, -0.05) is 11.6 Å². The molecule has 1 heterocycles. The van der Waals surface area contributed by atoms with E-state index in [1.807, 2.05) is 4.90 Å². The average molecular weight is 246 g/mol. The standard InChI is InChI=1S/C10H16ClN3O2/c1-8-12-9(11)7-10(13-8)14(4-6-16)3-2-5-15/h7,15-16H,2-6H2,1H3. The van der Waals surface area contributed by atoms with Gasteiger partial charge in [-0.2, -0.15) is 0 Å². The zero-order valence-electron chi connectivity index (χ0n) is 9.23. The van der Waals surface area contributed by atoms with Gasteiger partial charge in [0.25, 0.3) is 0 Å². The molecule has 90 valence electrons. The summed E-state index contributed by atoms with van der Waals surface area (Å²) in [5.41, 5.74) is 0. The number of hydrogen-bond donors (Lipinski definition) is 2. The summed E-state index contributed by atoms with van der Waals surface area (Å²) in [5, 5.41) is 18.1. The van der Waals surface area contributed by atoms with Crippen molar-refractivity contribution in [3.63, 3.8) is 0 Å². The van der Waals surface area contributed by atoms with Gasteiger partial charge in [0.2, 0.25) is 0 Å². The first-order chi connectivity index (χ1) is 7.67. The van der Waals surface area contributed by atoms with Crippen LogP contribution in [-0.4, -0.2) is 46.5 Å². The Bertz CT molecular complexity index is 316. The molecule has 5 nitrogen and oxygen atoms in total. The molecule has 0 spiro atoms. The Balaban J connectivity index is 2.82. The van der Waals surface area contributed by atoms with Gasteiger partial charge in [-0.05, 0) is 13.3 Å². The molecule has 0 radical (unpaired) electrons. The summed E-state index contributed by atoms with van der Waals surface area (Å²) in [5.74, 6) is 1.27. The highest BCUT2D eigenvalue weighted by atomic mass is 35.5. The monoisotopic (exact) mass is 245 g/mol. The van der Waals surface area contributed by atoms with E-state index < -0.39 is 0 Å². The van der Waals surface area contributed by atoms with Gasteiger partial charge in [-0.3, -0.25) is 0 Å². The molecule has 1 aromatic heterocycles. The van der Waals surface area contributed by atoms with Crippen molar-refractivity contribution in [1.82, 2.24) is 9.97 Å². The minimum Gasteiger partial charge on any atom is -0.396 e. The molecule has 16 heavy (non-hydrogen) atoms. The van der Waals surface area contributed by atoms with Crippen LogP contribution in [0.4, 0.5) is 5.82 Å². The van der Waals surface area contributed by atoms with Crippen molar-refractivity contribution in [3.8, 4) is 0 Å². The predicted octanol–water partition coefficient (Wildman–Crippen LogP) is 0.620. The number of halogens is 1. The van der Waals surface area contributed by atoms with E-state index in [9.17, 15) is 0 Å². The fourth-order valence-corrected chi connectivity index (χ4v) is 1.62. The van der Waals surface area contributed by atoms with Crippen LogP contribution in [0, 0.1) is 6.92 Å². The number of rotatable bonds is 6. The number of anilines is 1. The molecule has 0 aliphatic rings. The van der Waals surface area contributed by atoms with Crippen LogP contribution in [0.15, 0.2) is 6.07 Å². The van der Waals surface area contributed by atoms with Crippen LogP contribution in [0.1, 0.15) is 12.2 Å². The normalized spacial score (nSPS) is 10.5. The van der Waals surface area contributed by atoms with E-state index >= 15 is 0 Å². The van der Waals surface area contributed by atoms with Crippen LogP contribution in [0.25, 0.3) is 0 Å². The first-order valence-corrected chi connectivity index (χ1v) is 5.53. The number of aromatic nitrogens is 2. The van der Waals surface area contributed by atoms with Gasteiger partial charge in [0.1, 0.15) is 16.8 Å². The molecular weight excluding hydrogens is 230 g/mol. The van der Waals surface area contributed by atoms with Crippen LogP contribution in [0.5, 0.6) is 0 Å². The second-order valence-electron chi connectivity index (χ2n) is 3.38. The van der Waals surface area contributed by atoms with Crippen LogP contribution in [0.2, 0.25) is 5.15 Å². The van der Waals surface area contributed by atoms with E-state index in [1.54, 1.807) is 13.0 Å². The zero-order valence-corrected chi connectivity index (χ0v) is 9.98. The molecule has 1 rings (SSSR count). The first-order valence-electron chi connectivity index (χ1n) is 5.15. The van der Waals surface area contributed by atoms with E-state index in [-0.39, 0.29) is 13.2 Å². The van der Waals surface area contributed by atoms with Crippen molar-refractivity contribution in [2.45, 2.75) is 13.3 Å². The Morgan fingerprint density at radius 1 is 1.25 bits per heavy atom. The maximum Gasteiger partial charge on any atom is 0.134 e. The second-order valence-corrected chi connectivity index (χ2v) is 3.77. The topological polar surface area (TPSA) is 69.5 Å². The Morgan fingerprint density at radius 2 is 2.00 bits per heavy atom. The molecule has 0 aliphatic heterocycles. The summed E-state index contributed by atoms with van der Waals surface area (Å²) < 4.78 is 0. The molecule has 0 saturated heterocycles. The van der Waals surface area contributed by atoms with E-state index in [2.05, 4.69) is 9.97 Å². The summed E-state index contributed by atoms with van der Waals surface area (Å²) in [4.78, 5) is 10.1. The van der Waals surface area contributed by atoms with Gasteiger partial charge in [-0.15, -0.1) is 0 Å². The summed E-state index contributed by atoms with van der Waals surface area (Å²) in [6, 6.07) is 1.65. The van der Waals surface area contributed by atoms with Crippen molar-refractivity contribution < 1.29 is 10.2 Å². The molecule has 0 bridgehead atoms. The maximum absolute atomic E-state index is 8.96. The third-order valence-corrected chi connectivity index (χ3v) is 2.27. The van der Waals surface area contributed by atoms with Gasteiger partial charge < -0.3 is 15.1 Å². The van der Waals surface area contributed by atoms with Crippen LogP contribution in [-0.2, 0) is 0 Å². The van der Waals surface area contributed by atoms with Crippen molar-refractivity contribution in [2.24, 2.45) is 0 Å². The molecule has 0 aliphatic carbocycles. The van der Waals surface area contributed by atoms with E-state index in [1.165, 1.54) is 0 Å². The van der Waals surface area contributed by atoms with Gasteiger partial charge in [0.15, 0.2) is 0 Å².